The Bertz CT molecular complexity index is 1080. The van der Waals surface area contributed by atoms with Gasteiger partial charge in [-0.2, -0.15) is 4.98 Å². The van der Waals surface area contributed by atoms with E-state index in [9.17, 15) is 23.1 Å². The first kappa shape index (κ1) is 20.1. The van der Waals surface area contributed by atoms with Crippen LogP contribution < -0.4 is 10.3 Å². The van der Waals surface area contributed by atoms with Gasteiger partial charge in [-0.1, -0.05) is 12.1 Å². The number of para-hydroxylation sites is 1. The molecule has 5 nitrogen and oxygen atoms in total. The minimum absolute atomic E-state index is 0.00804. The van der Waals surface area contributed by atoms with E-state index in [4.69, 9.17) is 4.74 Å². The smallest absolute Gasteiger partial charge is 0.276 e. The summed E-state index contributed by atoms with van der Waals surface area (Å²) in [6.07, 6.45) is 0. The van der Waals surface area contributed by atoms with Crippen molar-refractivity contribution in [1.82, 2.24) is 9.55 Å². The second-order valence-corrected chi connectivity index (χ2v) is 6.64. The lowest BCUT2D eigenvalue weighted by Crippen LogP contribution is -2.25. The minimum Gasteiger partial charge on any atom is -0.472 e. The van der Waals surface area contributed by atoms with E-state index in [1.54, 1.807) is 0 Å². The molecule has 9 heteroatoms. The molecule has 0 saturated carbocycles. The van der Waals surface area contributed by atoms with Crippen LogP contribution in [0.2, 0.25) is 0 Å². The zero-order chi connectivity index (χ0) is 20.4. The zero-order valence-corrected chi connectivity index (χ0v) is 16.1. The molecular weight excluding hydrogens is 441 g/mol. The van der Waals surface area contributed by atoms with Crippen LogP contribution >= 0.6 is 15.9 Å². The second-order valence-electron chi connectivity index (χ2n) is 5.85. The van der Waals surface area contributed by atoms with Crippen molar-refractivity contribution in [3.8, 4) is 11.6 Å². The molecule has 1 N–H and O–H groups in total. The zero-order valence-electron chi connectivity index (χ0n) is 14.5. The van der Waals surface area contributed by atoms with Crippen molar-refractivity contribution in [3.63, 3.8) is 0 Å². The summed E-state index contributed by atoms with van der Waals surface area (Å²) in [4.78, 5) is 16.8. The van der Waals surface area contributed by atoms with Crippen LogP contribution in [0, 0.1) is 24.4 Å². The van der Waals surface area contributed by atoms with Crippen LogP contribution in [-0.4, -0.2) is 14.7 Å². The highest BCUT2D eigenvalue weighted by atomic mass is 79.9. The Kier molecular flexibility index (Phi) is 5.85. The summed E-state index contributed by atoms with van der Waals surface area (Å²) in [5, 5.41) is 9.33. The number of benzene rings is 2. The van der Waals surface area contributed by atoms with Gasteiger partial charge in [-0.25, -0.2) is 13.2 Å². The third kappa shape index (κ3) is 3.81. The molecule has 0 unspecified atom stereocenters. The van der Waals surface area contributed by atoms with Gasteiger partial charge in [-0.15, -0.1) is 0 Å². The van der Waals surface area contributed by atoms with Gasteiger partial charge in [0.1, 0.15) is 40.0 Å². The van der Waals surface area contributed by atoms with Crippen molar-refractivity contribution < 1.29 is 23.0 Å². The lowest BCUT2D eigenvalue weighted by molar-refractivity contribution is 0.264. The fourth-order valence-corrected chi connectivity index (χ4v) is 3.05. The van der Waals surface area contributed by atoms with Gasteiger partial charge in [0.05, 0.1) is 6.61 Å². The van der Waals surface area contributed by atoms with Crippen molar-refractivity contribution >= 4 is 15.9 Å². The highest BCUT2D eigenvalue weighted by molar-refractivity contribution is 9.10. The molecule has 0 radical (unpaired) electrons. The van der Waals surface area contributed by atoms with Crippen LogP contribution in [0.4, 0.5) is 13.2 Å². The van der Waals surface area contributed by atoms with Crippen LogP contribution in [0.1, 0.15) is 17.0 Å². The van der Waals surface area contributed by atoms with Gasteiger partial charge in [0, 0.05) is 0 Å². The van der Waals surface area contributed by atoms with Crippen LogP contribution in [0.25, 0.3) is 5.69 Å². The van der Waals surface area contributed by atoms with Crippen molar-refractivity contribution in [3.05, 3.63) is 85.6 Å². The molecule has 0 aliphatic carbocycles. The van der Waals surface area contributed by atoms with E-state index in [0.29, 0.717) is 11.1 Å². The number of ether oxygens (including phenoxy) is 1. The average molecular weight is 455 g/mol. The van der Waals surface area contributed by atoms with Gasteiger partial charge < -0.3 is 9.84 Å². The molecule has 0 bridgehead atoms. The fraction of sp³-hybridized carbons (Fsp3) is 0.158. The molecular formula is C19H14BrF3N2O3. The number of aryl methyl sites for hydroxylation is 1. The van der Waals surface area contributed by atoms with Gasteiger partial charge in [0.25, 0.3) is 5.56 Å². The van der Waals surface area contributed by atoms with Crippen LogP contribution in [0.5, 0.6) is 5.88 Å². The summed E-state index contributed by atoms with van der Waals surface area (Å²) in [7, 11) is 0. The summed E-state index contributed by atoms with van der Waals surface area (Å²) in [6, 6.07) is 7.09. The van der Waals surface area contributed by atoms with Crippen LogP contribution in [0.15, 0.2) is 45.7 Å². The van der Waals surface area contributed by atoms with Crippen molar-refractivity contribution in [1.29, 1.82) is 0 Å². The lowest BCUT2D eigenvalue weighted by Gasteiger charge is -2.15. The third-order valence-electron chi connectivity index (χ3n) is 4.03. The van der Waals surface area contributed by atoms with Gasteiger partial charge in [-0.05, 0) is 58.2 Å². The number of aliphatic hydroxyl groups excluding tert-OH is 1. The molecule has 0 spiro atoms. The Morgan fingerprint density at radius 3 is 2.46 bits per heavy atom. The second kappa shape index (κ2) is 8.15. The maximum absolute atomic E-state index is 14.1. The van der Waals surface area contributed by atoms with Gasteiger partial charge in [-0.3, -0.25) is 9.36 Å². The summed E-state index contributed by atoms with van der Waals surface area (Å²) < 4.78 is 47.6. The molecule has 146 valence electrons. The predicted octanol–water partition coefficient (Wildman–Crippen LogP) is 3.79. The third-order valence-corrected chi connectivity index (χ3v) is 4.71. The molecule has 0 atom stereocenters. The largest absolute Gasteiger partial charge is 0.472 e. The number of halogens is 4. The number of rotatable bonds is 5. The topological polar surface area (TPSA) is 64.3 Å². The molecule has 2 aromatic carbocycles. The summed E-state index contributed by atoms with van der Waals surface area (Å²) in [6.45, 7) is 0.917. The Morgan fingerprint density at radius 1 is 1.14 bits per heavy atom. The van der Waals surface area contributed by atoms with E-state index in [-0.39, 0.29) is 22.8 Å². The van der Waals surface area contributed by atoms with E-state index in [0.717, 1.165) is 16.7 Å². The summed E-state index contributed by atoms with van der Waals surface area (Å²) >= 11 is 3.06. The Morgan fingerprint density at radius 2 is 1.82 bits per heavy atom. The van der Waals surface area contributed by atoms with E-state index in [2.05, 4.69) is 20.9 Å². The minimum atomic E-state index is -0.911. The standard InChI is InChI=1S/C19H14BrF3N2O3/c1-10-24-18(28-9-11-5-6-13(21)7-12(11)8-26)16(20)19(27)25(10)17-14(22)3-2-4-15(17)23/h2-7,26H,8-9H2,1H3. The van der Waals surface area contributed by atoms with Crippen molar-refractivity contribution in [2.75, 3.05) is 0 Å². The molecule has 3 aromatic rings. The van der Waals surface area contributed by atoms with E-state index < -0.39 is 35.3 Å². The predicted molar refractivity (Wildman–Crippen MR) is 98.8 cm³/mol. The average Bonchev–Trinajstić information content (AvgIpc) is 2.66. The Hall–Kier alpha value is -2.65. The molecule has 0 fully saturated rings. The molecule has 0 aliphatic heterocycles. The van der Waals surface area contributed by atoms with E-state index in [1.165, 1.54) is 31.2 Å². The quantitative estimate of drug-likeness (QED) is 0.636. The molecule has 0 saturated heterocycles. The number of nitrogens with zero attached hydrogens (tertiary/aromatic N) is 2. The first-order valence-corrected chi connectivity index (χ1v) is 8.87. The Labute approximate surface area is 166 Å². The maximum atomic E-state index is 14.1. The number of hydrogen-bond acceptors (Lipinski definition) is 4. The highest BCUT2D eigenvalue weighted by Gasteiger charge is 2.20. The number of aliphatic hydroxyl groups is 1. The molecule has 0 amide bonds. The molecule has 1 aromatic heterocycles. The maximum Gasteiger partial charge on any atom is 0.276 e. The fourth-order valence-electron chi connectivity index (χ4n) is 2.67. The van der Waals surface area contributed by atoms with Crippen LogP contribution in [0.3, 0.4) is 0 Å². The first-order chi connectivity index (χ1) is 13.3. The molecule has 1 heterocycles. The van der Waals surface area contributed by atoms with Crippen molar-refractivity contribution in [2.45, 2.75) is 20.1 Å². The SMILES string of the molecule is Cc1nc(OCc2ccc(F)cc2CO)c(Br)c(=O)n1-c1c(F)cccc1F. The summed E-state index contributed by atoms with van der Waals surface area (Å²) in [5.41, 5.74) is -0.465. The number of aromatic nitrogens is 2. The Balaban J connectivity index is 1.99. The lowest BCUT2D eigenvalue weighted by atomic mass is 10.1. The van der Waals surface area contributed by atoms with E-state index in [1.807, 2.05) is 0 Å². The van der Waals surface area contributed by atoms with Crippen molar-refractivity contribution in [2.24, 2.45) is 0 Å². The monoisotopic (exact) mass is 454 g/mol. The highest BCUT2D eigenvalue weighted by Crippen LogP contribution is 2.24. The molecule has 3 rings (SSSR count). The molecule has 0 aliphatic rings. The first-order valence-electron chi connectivity index (χ1n) is 8.08. The van der Waals surface area contributed by atoms with Crippen LogP contribution in [-0.2, 0) is 13.2 Å². The van der Waals surface area contributed by atoms with Gasteiger partial charge >= 0.3 is 0 Å². The number of hydrogen-bond donors (Lipinski definition) is 1. The molecule has 28 heavy (non-hydrogen) atoms. The van der Waals surface area contributed by atoms with Gasteiger partial charge in [0.2, 0.25) is 5.88 Å². The normalized spacial score (nSPS) is 10.9. The van der Waals surface area contributed by atoms with Gasteiger partial charge in [0.15, 0.2) is 0 Å². The summed E-state index contributed by atoms with van der Waals surface area (Å²) in [5.74, 6) is -2.41. The van der Waals surface area contributed by atoms with E-state index >= 15 is 0 Å².